The van der Waals surface area contributed by atoms with E-state index in [0.29, 0.717) is 28.7 Å². The van der Waals surface area contributed by atoms with Crippen molar-refractivity contribution >= 4 is 60.8 Å². The van der Waals surface area contributed by atoms with Crippen molar-refractivity contribution in [1.29, 1.82) is 0 Å². The highest BCUT2D eigenvalue weighted by Crippen LogP contribution is 2.27. The maximum absolute atomic E-state index is 9.50. The van der Waals surface area contributed by atoms with Crippen LogP contribution in [0.15, 0.2) is 202 Å². The van der Waals surface area contributed by atoms with Crippen LogP contribution in [0.3, 0.4) is 0 Å². The minimum atomic E-state index is 0.173. The largest absolute Gasteiger partial charge is 0.508 e. The minimum Gasteiger partial charge on any atom is -0.508 e. The molecule has 0 radical (unpaired) electrons. The van der Waals surface area contributed by atoms with Crippen molar-refractivity contribution in [3.63, 3.8) is 0 Å². The first kappa shape index (κ1) is 62.6. The van der Waals surface area contributed by atoms with E-state index in [2.05, 4.69) is 34.9 Å². The molecule has 0 bridgehead atoms. The van der Waals surface area contributed by atoms with Gasteiger partial charge in [-0.25, -0.2) is 19.9 Å². The van der Waals surface area contributed by atoms with Crippen LogP contribution in [0.2, 0.25) is 0 Å². The fourth-order valence-electron chi connectivity index (χ4n) is 7.26. The van der Waals surface area contributed by atoms with Crippen molar-refractivity contribution in [3.05, 3.63) is 258 Å². The van der Waals surface area contributed by atoms with E-state index in [1.165, 1.54) is 12.7 Å². The molecule has 5 N–H and O–H groups in total. The van der Waals surface area contributed by atoms with Gasteiger partial charge >= 0.3 is 0 Å². The second-order valence-corrected chi connectivity index (χ2v) is 17.6. The summed E-state index contributed by atoms with van der Waals surface area (Å²) in [6.07, 6.45) is 35.7. The van der Waals surface area contributed by atoms with Crippen LogP contribution in [0.1, 0.15) is 55.9 Å². The third-order valence-electron chi connectivity index (χ3n) is 11.3. The molecular weight excluding hydrogens is 1070 g/mol. The van der Waals surface area contributed by atoms with Gasteiger partial charge in [0.2, 0.25) is 0 Å². The SMILES string of the molecule is COc1cc(O)cc(/C=C/c2ccccn2)c1.COc1cc(O)cc(/C=C/c2cccnc2)c1.COc1cc(O)cc(/C=C/c2ccncc2)c1.COc1cc(O)cc(/C=C/c2ccncn2)c1.COc1cc(O)cc(/C=C/c2cncnc2)c1. The second kappa shape index (κ2) is 34.5. The van der Waals surface area contributed by atoms with Crippen LogP contribution in [0.5, 0.6) is 57.5 Å². The van der Waals surface area contributed by atoms with Crippen LogP contribution in [-0.2, 0) is 0 Å². The van der Waals surface area contributed by atoms with Gasteiger partial charge in [-0.1, -0.05) is 60.7 Å². The van der Waals surface area contributed by atoms with Crippen molar-refractivity contribution in [3.8, 4) is 57.5 Å². The Bertz CT molecular complexity index is 3190. The monoisotopic (exact) mass is 1140 g/mol. The summed E-state index contributed by atoms with van der Waals surface area (Å²) in [4.78, 5) is 27.9. The number of aromatic nitrogens is 7. The molecule has 430 valence electrons. The van der Waals surface area contributed by atoms with E-state index in [0.717, 1.165) is 55.9 Å². The maximum Gasteiger partial charge on any atom is 0.123 e. The lowest BCUT2D eigenvalue weighted by Crippen LogP contribution is -1.84. The van der Waals surface area contributed by atoms with Crippen molar-refractivity contribution in [2.75, 3.05) is 35.5 Å². The predicted octanol–water partition coefficient (Wildman–Crippen LogP) is 13.6. The van der Waals surface area contributed by atoms with Crippen LogP contribution < -0.4 is 23.7 Å². The molecule has 0 aliphatic rings. The Morgan fingerprint density at radius 1 is 0.271 bits per heavy atom. The number of methoxy groups -OCH3 is 5. The summed E-state index contributed by atoms with van der Waals surface area (Å²) >= 11 is 0. The zero-order chi connectivity index (χ0) is 60.4. The van der Waals surface area contributed by atoms with Crippen LogP contribution in [-0.4, -0.2) is 96.0 Å². The van der Waals surface area contributed by atoms with Crippen molar-refractivity contribution in [2.45, 2.75) is 0 Å². The summed E-state index contributed by atoms with van der Waals surface area (Å²) in [7, 11) is 7.84. The quantitative estimate of drug-likeness (QED) is 0.0641. The molecule has 0 unspecified atom stereocenters. The molecule has 0 aliphatic heterocycles. The predicted molar refractivity (Wildman–Crippen MR) is 335 cm³/mol. The average molecular weight is 1140 g/mol. The maximum atomic E-state index is 9.50. The molecule has 85 heavy (non-hydrogen) atoms. The first-order chi connectivity index (χ1) is 41.4. The molecule has 10 rings (SSSR count). The summed E-state index contributed by atoms with van der Waals surface area (Å²) in [6.45, 7) is 0. The number of benzene rings is 5. The van der Waals surface area contributed by atoms with Crippen LogP contribution in [0, 0.1) is 0 Å². The molecule has 0 saturated heterocycles. The third-order valence-corrected chi connectivity index (χ3v) is 11.3. The van der Waals surface area contributed by atoms with Crippen molar-refractivity contribution in [1.82, 2.24) is 34.9 Å². The van der Waals surface area contributed by atoms with Crippen LogP contribution >= 0.6 is 0 Å². The standard InChI is InChI=1S/3C14H13NO2.2C13H12N2O2/c1-17-14-9-12(8-13(16)10-14)3-2-11-4-6-15-7-5-11;1-17-14-8-12(7-13(16)9-14)5-4-11-3-2-6-15-10-11;1-17-14-9-11(8-13(16)10-14)5-6-12-4-2-3-7-15-12;1-17-13-5-10(4-12(16)6-13)2-3-11-7-14-9-15-8-11;1-17-13-7-10(6-12(16)8-13)2-3-11-4-5-14-9-15-11/h3*2-10,16H,1H3;2*2-9,16H,1H3/b3-2+;5-4+;6-5+;2*3-2+. The Balaban J connectivity index is 0.000000170. The summed E-state index contributed by atoms with van der Waals surface area (Å²) in [6, 6.07) is 40.6. The van der Waals surface area contributed by atoms with Crippen LogP contribution in [0.25, 0.3) is 60.8 Å². The smallest absolute Gasteiger partial charge is 0.123 e. The van der Waals surface area contributed by atoms with E-state index in [4.69, 9.17) is 23.7 Å². The number of hydrogen-bond acceptors (Lipinski definition) is 17. The van der Waals surface area contributed by atoms with E-state index in [1.807, 2.05) is 134 Å². The molecule has 5 heterocycles. The normalized spacial score (nSPS) is 10.6. The van der Waals surface area contributed by atoms with Gasteiger partial charge in [-0.05, 0) is 148 Å². The number of nitrogens with zero attached hydrogens (tertiary/aromatic N) is 7. The molecule has 0 fully saturated rings. The molecule has 0 saturated carbocycles. The molecule has 17 nitrogen and oxygen atoms in total. The van der Waals surface area contributed by atoms with Gasteiger partial charge in [0, 0.05) is 85.5 Å². The van der Waals surface area contributed by atoms with Crippen molar-refractivity contribution in [2.24, 2.45) is 0 Å². The number of rotatable bonds is 15. The van der Waals surface area contributed by atoms with Crippen molar-refractivity contribution < 1.29 is 49.2 Å². The number of pyridine rings is 3. The average Bonchev–Trinajstić information content (AvgIpc) is 3.54. The number of hydrogen-bond donors (Lipinski definition) is 5. The first-order valence-corrected chi connectivity index (χ1v) is 25.9. The molecule has 5 aromatic carbocycles. The van der Waals surface area contributed by atoms with Gasteiger partial charge in [-0.3, -0.25) is 15.0 Å². The highest BCUT2D eigenvalue weighted by Gasteiger charge is 2.02. The molecular formula is C68H63N7O10. The Morgan fingerprint density at radius 2 is 0.647 bits per heavy atom. The minimum absolute atomic E-state index is 0.173. The fourth-order valence-corrected chi connectivity index (χ4v) is 7.26. The van der Waals surface area contributed by atoms with E-state index in [1.54, 1.807) is 152 Å². The number of ether oxygens (including phenoxy) is 5. The van der Waals surface area contributed by atoms with Gasteiger partial charge in [0.1, 0.15) is 70.1 Å². The highest BCUT2D eigenvalue weighted by atomic mass is 16.5. The zero-order valence-corrected chi connectivity index (χ0v) is 47.2. The zero-order valence-electron chi connectivity index (χ0n) is 47.2. The number of phenolic OH excluding ortho intramolecular Hbond substituents is 5. The Labute approximate surface area is 493 Å². The Hall–Kier alpha value is -11.6. The van der Waals surface area contributed by atoms with E-state index < -0.39 is 0 Å². The summed E-state index contributed by atoms with van der Waals surface area (Å²) in [5.41, 5.74) is 8.98. The van der Waals surface area contributed by atoms with Gasteiger partial charge in [0.15, 0.2) is 0 Å². The van der Waals surface area contributed by atoms with E-state index in [9.17, 15) is 25.5 Å². The third kappa shape index (κ3) is 23.6. The van der Waals surface area contributed by atoms with E-state index >= 15 is 0 Å². The lowest BCUT2D eigenvalue weighted by Gasteiger charge is -2.02. The molecule has 0 aliphatic carbocycles. The fraction of sp³-hybridized carbons (Fsp3) is 0.0735. The molecule has 0 atom stereocenters. The molecule has 0 spiro atoms. The summed E-state index contributed by atoms with van der Waals surface area (Å²) < 4.78 is 25.4. The molecule has 5 aromatic heterocycles. The summed E-state index contributed by atoms with van der Waals surface area (Å²) in [5, 5.41) is 47.5. The molecule has 10 aromatic rings. The van der Waals surface area contributed by atoms with Gasteiger partial charge in [-0.2, -0.15) is 0 Å². The first-order valence-electron chi connectivity index (χ1n) is 25.9. The van der Waals surface area contributed by atoms with Gasteiger partial charge in [0.05, 0.1) is 46.9 Å². The second-order valence-electron chi connectivity index (χ2n) is 17.6. The van der Waals surface area contributed by atoms with E-state index in [-0.39, 0.29) is 28.7 Å². The number of phenols is 5. The lowest BCUT2D eigenvalue weighted by atomic mass is 10.1. The lowest BCUT2D eigenvalue weighted by molar-refractivity contribution is 0.407. The Morgan fingerprint density at radius 3 is 1.02 bits per heavy atom. The topological polar surface area (TPSA) is 238 Å². The molecule has 0 amide bonds. The van der Waals surface area contributed by atoms with Gasteiger partial charge in [0.25, 0.3) is 0 Å². The van der Waals surface area contributed by atoms with Crippen LogP contribution in [0.4, 0.5) is 0 Å². The van der Waals surface area contributed by atoms with Gasteiger partial charge in [-0.15, -0.1) is 0 Å². The number of aromatic hydroxyl groups is 5. The summed E-state index contributed by atoms with van der Waals surface area (Å²) in [5.74, 6) is 4.06. The molecule has 17 heteroatoms. The van der Waals surface area contributed by atoms with Gasteiger partial charge < -0.3 is 49.2 Å². The Kier molecular flexibility index (Phi) is 25.4. The highest BCUT2D eigenvalue weighted by molar-refractivity contribution is 5.73.